The van der Waals surface area contributed by atoms with Gasteiger partial charge >= 0.3 is 11.9 Å². The number of epoxide rings is 1. The fourth-order valence-corrected chi connectivity index (χ4v) is 4.13. The van der Waals surface area contributed by atoms with Crippen LogP contribution < -0.4 is 0 Å². The van der Waals surface area contributed by atoms with Crippen molar-refractivity contribution >= 4 is 29.7 Å². The van der Waals surface area contributed by atoms with E-state index in [2.05, 4.69) is 0 Å². The molecule has 0 aliphatic carbocycles. The molecule has 10 nitrogen and oxygen atoms in total. The Hall–Kier alpha value is -3.01. The number of carbonyl (C=O) groups excluding carboxylic acids is 5. The Balaban J connectivity index is 1.15. The van der Waals surface area contributed by atoms with Crippen molar-refractivity contribution in [2.24, 2.45) is 0 Å². The summed E-state index contributed by atoms with van der Waals surface area (Å²) in [6.07, 6.45) is 10.2. The molecule has 0 aromatic carbocycles. The van der Waals surface area contributed by atoms with Crippen LogP contribution in [0.25, 0.3) is 0 Å². The lowest BCUT2D eigenvalue weighted by molar-refractivity contribution is -0.152. The number of hydrogen-bond acceptors (Lipinski definition) is 8. The first-order chi connectivity index (χ1) is 16.7. The van der Waals surface area contributed by atoms with Gasteiger partial charge in [0.15, 0.2) is 6.23 Å². The quantitative estimate of drug-likeness (QED) is 0.148. The minimum atomic E-state index is -0.547. The maximum absolute atomic E-state index is 12.0. The molecule has 3 amide bonds. The number of esters is 2. The molecule has 1 saturated heterocycles. The van der Waals surface area contributed by atoms with E-state index in [1.807, 2.05) is 0 Å². The van der Waals surface area contributed by atoms with E-state index in [0.29, 0.717) is 19.4 Å². The van der Waals surface area contributed by atoms with E-state index in [0.717, 1.165) is 37.0 Å². The average molecular weight is 491 g/mol. The molecular weight excluding hydrogens is 456 g/mol. The van der Waals surface area contributed by atoms with Gasteiger partial charge in [0.1, 0.15) is 18.3 Å². The average Bonchev–Trinajstić information content (AvgIpc) is 3.53. The molecule has 0 spiro atoms. The van der Waals surface area contributed by atoms with Crippen LogP contribution in [0.4, 0.5) is 0 Å². The van der Waals surface area contributed by atoms with Crippen LogP contribution in [0.2, 0.25) is 0 Å². The minimum absolute atomic E-state index is 0.0266. The molecule has 0 saturated carbocycles. The highest BCUT2D eigenvalue weighted by atomic mass is 16.6. The van der Waals surface area contributed by atoms with E-state index in [-0.39, 0.29) is 43.1 Å². The maximum atomic E-state index is 12.0. The highest BCUT2D eigenvalue weighted by molar-refractivity contribution is 6.12. The number of rotatable bonds is 15. The lowest BCUT2D eigenvalue weighted by atomic mass is 10.1. The van der Waals surface area contributed by atoms with E-state index in [1.54, 1.807) is 24.8 Å². The van der Waals surface area contributed by atoms with Crippen molar-refractivity contribution in [2.75, 3.05) is 13.1 Å². The number of imide groups is 1. The second-order valence-corrected chi connectivity index (χ2v) is 9.18. The van der Waals surface area contributed by atoms with Gasteiger partial charge in [0.2, 0.25) is 5.91 Å². The molecule has 4 unspecified atom stereocenters. The van der Waals surface area contributed by atoms with Crippen LogP contribution >= 0.6 is 0 Å². The summed E-state index contributed by atoms with van der Waals surface area (Å²) in [4.78, 5) is 61.6. The van der Waals surface area contributed by atoms with Crippen LogP contribution in [0.1, 0.15) is 65.2 Å². The fraction of sp³-hybridized carbons (Fsp3) is 0.640. The van der Waals surface area contributed by atoms with Gasteiger partial charge in [-0.15, -0.1) is 0 Å². The van der Waals surface area contributed by atoms with E-state index in [1.165, 1.54) is 18.2 Å². The molecule has 10 heteroatoms. The summed E-state index contributed by atoms with van der Waals surface area (Å²) in [5.41, 5.74) is 0. The summed E-state index contributed by atoms with van der Waals surface area (Å²) >= 11 is 0. The Labute approximate surface area is 205 Å². The van der Waals surface area contributed by atoms with E-state index < -0.39 is 24.0 Å². The summed E-state index contributed by atoms with van der Waals surface area (Å²) < 4.78 is 16.1. The topological polar surface area (TPSA) is 123 Å². The number of fused-ring (bicyclic) bond motifs is 1. The van der Waals surface area contributed by atoms with Crippen molar-refractivity contribution in [1.82, 2.24) is 9.80 Å². The summed E-state index contributed by atoms with van der Waals surface area (Å²) in [5, 5.41) is 0. The van der Waals surface area contributed by atoms with Gasteiger partial charge in [-0.25, -0.2) is 0 Å². The minimum Gasteiger partial charge on any atom is -0.461 e. The van der Waals surface area contributed by atoms with E-state index in [4.69, 9.17) is 14.2 Å². The van der Waals surface area contributed by atoms with Crippen molar-refractivity contribution in [3.05, 3.63) is 24.3 Å². The highest BCUT2D eigenvalue weighted by Crippen LogP contribution is 2.31. The van der Waals surface area contributed by atoms with Crippen molar-refractivity contribution in [3.8, 4) is 0 Å². The van der Waals surface area contributed by atoms with Crippen molar-refractivity contribution in [2.45, 2.75) is 89.8 Å². The van der Waals surface area contributed by atoms with Crippen molar-refractivity contribution < 1.29 is 38.2 Å². The van der Waals surface area contributed by atoms with Crippen LogP contribution in [0, 0.1) is 0 Å². The second-order valence-electron chi connectivity index (χ2n) is 9.18. The number of hydrogen-bond donors (Lipinski definition) is 0. The van der Waals surface area contributed by atoms with Crippen molar-refractivity contribution in [3.63, 3.8) is 0 Å². The lowest BCUT2D eigenvalue weighted by Crippen LogP contribution is -2.41. The first-order valence-corrected chi connectivity index (χ1v) is 12.3. The zero-order chi connectivity index (χ0) is 25.4. The first kappa shape index (κ1) is 26.6. The fourth-order valence-electron chi connectivity index (χ4n) is 4.13. The Morgan fingerprint density at radius 2 is 1.31 bits per heavy atom. The van der Waals surface area contributed by atoms with Gasteiger partial charge in [0.25, 0.3) is 11.8 Å². The summed E-state index contributed by atoms with van der Waals surface area (Å²) in [6, 6.07) is 0. The molecule has 192 valence electrons. The smallest absolute Gasteiger partial charge is 0.306 e. The summed E-state index contributed by atoms with van der Waals surface area (Å²) in [5.74, 6) is -1.51. The van der Waals surface area contributed by atoms with Crippen LogP contribution in [0.15, 0.2) is 24.3 Å². The summed E-state index contributed by atoms with van der Waals surface area (Å²) in [7, 11) is 0. The number of nitrogens with zero attached hydrogens (tertiary/aromatic N) is 2. The molecule has 3 heterocycles. The van der Waals surface area contributed by atoms with Gasteiger partial charge in [-0.3, -0.25) is 28.9 Å². The third-order valence-electron chi connectivity index (χ3n) is 5.99. The largest absolute Gasteiger partial charge is 0.461 e. The van der Waals surface area contributed by atoms with Crippen molar-refractivity contribution in [1.29, 1.82) is 0 Å². The van der Waals surface area contributed by atoms with Gasteiger partial charge in [-0.1, -0.05) is 25.7 Å². The molecule has 0 aromatic rings. The number of carbonyl (C=O) groups is 5. The third-order valence-corrected chi connectivity index (χ3v) is 5.99. The normalized spacial score (nSPS) is 22.3. The Morgan fingerprint density at radius 3 is 1.89 bits per heavy atom. The monoisotopic (exact) mass is 490 g/mol. The third kappa shape index (κ3) is 8.31. The van der Waals surface area contributed by atoms with Gasteiger partial charge in [-0.05, 0) is 32.8 Å². The zero-order valence-corrected chi connectivity index (χ0v) is 20.4. The molecule has 0 radical (unpaired) electrons. The van der Waals surface area contributed by atoms with Crippen LogP contribution in [-0.4, -0.2) is 77.1 Å². The molecule has 3 aliphatic heterocycles. The van der Waals surface area contributed by atoms with Crippen LogP contribution in [0.5, 0.6) is 0 Å². The van der Waals surface area contributed by atoms with Gasteiger partial charge < -0.3 is 19.1 Å². The number of unbranched alkanes of at least 4 members (excludes halogenated alkanes) is 5. The van der Waals surface area contributed by atoms with E-state index in [9.17, 15) is 24.0 Å². The molecular formula is C25H34N2O8. The molecule has 4 atom stereocenters. The molecule has 0 bridgehead atoms. The molecule has 1 fully saturated rings. The number of amides is 3. The lowest BCUT2D eigenvalue weighted by Gasteiger charge is -2.24. The van der Waals surface area contributed by atoms with Gasteiger partial charge in [0.05, 0.1) is 13.1 Å². The second kappa shape index (κ2) is 12.6. The van der Waals surface area contributed by atoms with Crippen LogP contribution in [0.3, 0.4) is 0 Å². The van der Waals surface area contributed by atoms with Gasteiger partial charge in [-0.2, -0.15) is 0 Å². The molecule has 3 rings (SSSR count). The Kier molecular flexibility index (Phi) is 9.59. The highest BCUT2D eigenvalue weighted by Gasteiger charge is 2.47. The Morgan fingerprint density at radius 1 is 0.800 bits per heavy atom. The molecule has 3 aliphatic rings. The predicted octanol–water partition coefficient (Wildman–Crippen LogP) is 2.02. The van der Waals surface area contributed by atoms with Crippen LogP contribution in [-0.2, 0) is 38.2 Å². The molecule has 0 N–H and O–H groups in total. The number of ether oxygens (including phenoxy) is 3. The molecule has 35 heavy (non-hydrogen) atoms. The standard InChI is InChI=1S/C25H34N2O8/c1-17(15-26-20(28)13-14-21(26)29)33-23(31)9-7-5-3-4-6-8-10-24(32)34-18(2)16-27-22(30)12-11-19-25(27)35-19/h11-14,17-19,25H,3-10,15-16H2,1-2H3. The first-order valence-electron chi connectivity index (χ1n) is 12.3. The Bertz CT molecular complexity index is 865. The van der Waals surface area contributed by atoms with E-state index >= 15 is 0 Å². The summed E-state index contributed by atoms with van der Waals surface area (Å²) in [6.45, 7) is 3.81. The SMILES string of the molecule is CC(CN1C(=O)C=CC1=O)OC(=O)CCCCCCCCC(=O)OC(C)CN1C(=O)C=CC2OC21. The predicted molar refractivity (Wildman–Crippen MR) is 123 cm³/mol. The van der Waals surface area contributed by atoms with Gasteiger partial charge in [0, 0.05) is 31.1 Å². The zero-order valence-electron chi connectivity index (χ0n) is 20.4. The molecule has 0 aromatic heterocycles. The maximum Gasteiger partial charge on any atom is 0.306 e.